The monoisotopic (exact) mass is 502 g/mol. The molecule has 1 fully saturated rings. The van der Waals surface area contributed by atoms with Crippen molar-refractivity contribution in [3.63, 3.8) is 0 Å². The van der Waals surface area contributed by atoms with Gasteiger partial charge in [0.25, 0.3) is 5.91 Å². The number of hydrogen-bond acceptors (Lipinski definition) is 7. The number of benzene rings is 2. The summed E-state index contributed by atoms with van der Waals surface area (Å²) in [7, 11) is -1.06. The maximum absolute atomic E-state index is 13.3. The molecule has 7 nitrogen and oxygen atoms in total. The molecule has 178 valence electrons. The number of halogens is 1. The molecule has 1 heterocycles. The standard InChI is InChI=1S/C24H23FN2O5S2/c1-2-31-21(28)13-17-14-33-24(26-17)27-23(29)22(32-18-7-5-16(25)6-8-18)15-3-9-19(10-4-15)34(30)20-11-12-20/h3-10,14,20,22H,2,11-13H2,1H3,(H,26,27,29). The van der Waals surface area contributed by atoms with Crippen LogP contribution in [0, 0.1) is 5.82 Å². The Morgan fingerprint density at radius 3 is 2.53 bits per heavy atom. The summed E-state index contributed by atoms with van der Waals surface area (Å²) in [6.45, 7) is 2.00. The molecule has 0 aliphatic heterocycles. The molecule has 0 bridgehead atoms. The molecule has 4 rings (SSSR count). The summed E-state index contributed by atoms with van der Waals surface area (Å²) in [6.07, 6.45) is 0.860. The Morgan fingerprint density at radius 2 is 1.88 bits per heavy atom. The first-order chi connectivity index (χ1) is 16.4. The zero-order valence-corrected chi connectivity index (χ0v) is 20.0. The molecule has 0 spiro atoms. The number of thiazole rings is 1. The molecule has 2 atom stereocenters. The van der Waals surface area contributed by atoms with E-state index in [0.29, 0.717) is 27.0 Å². The van der Waals surface area contributed by atoms with Crippen molar-refractivity contribution in [3.8, 4) is 5.75 Å². The van der Waals surface area contributed by atoms with Crippen LogP contribution in [-0.4, -0.2) is 32.9 Å². The lowest BCUT2D eigenvalue weighted by Gasteiger charge is -2.19. The Morgan fingerprint density at radius 1 is 1.18 bits per heavy atom. The second-order valence-corrected chi connectivity index (χ2v) is 10.2. The van der Waals surface area contributed by atoms with E-state index in [1.165, 1.54) is 35.6 Å². The van der Waals surface area contributed by atoms with E-state index in [1.54, 1.807) is 36.6 Å². The lowest BCUT2D eigenvalue weighted by Crippen LogP contribution is -2.25. The number of carbonyl (C=O) groups is 2. The number of ether oxygens (including phenoxy) is 2. The number of rotatable bonds is 10. The number of hydrogen-bond donors (Lipinski definition) is 1. The summed E-state index contributed by atoms with van der Waals surface area (Å²) < 4.78 is 36.6. The largest absolute Gasteiger partial charge is 0.476 e. The van der Waals surface area contributed by atoms with Crippen LogP contribution >= 0.6 is 11.3 Å². The normalized spacial score (nSPS) is 14.8. The predicted molar refractivity (Wildman–Crippen MR) is 127 cm³/mol. The van der Waals surface area contributed by atoms with Crippen LogP contribution < -0.4 is 10.1 Å². The minimum atomic E-state index is -1.06. The number of nitrogens with one attached hydrogen (secondary N) is 1. The molecule has 1 aliphatic rings. The quantitative estimate of drug-likeness (QED) is 0.413. The third kappa shape index (κ3) is 6.27. The van der Waals surface area contributed by atoms with Crippen LogP contribution in [0.4, 0.5) is 9.52 Å². The Balaban J connectivity index is 1.52. The van der Waals surface area contributed by atoms with Crippen molar-refractivity contribution < 1.29 is 27.7 Å². The van der Waals surface area contributed by atoms with Crippen LogP contribution in [0.3, 0.4) is 0 Å². The van der Waals surface area contributed by atoms with Crippen LogP contribution in [0.1, 0.15) is 37.1 Å². The highest BCUT2D eigenvalue weighted by Crippen LogP contribution is 2.31. The van der Waals surface area contributed by atoms with Gasteiger partial charge in [0, 0.05) is 21.1 Å². The van der Waals surface area contributed by atoms with E-state index in [9.17, 15) is 18.2 Å². The first kappa shape index (κ1) is 24.0. The van der Waals surface area contributed by atoms with E-state index < -0.39 is 34.6 Å². The summed E-state index contributed by atoms with van der Waals surface area (Å²) in [5, 5.41) is 4.90. The summed E-state index contributed by atoms with van der Waals surface area (Å²) in [4.78, 5) is 29.8. The van der Waals surface area contributed by atoms with Gasteiger partial charge in [-0.1, -0.05) is 12.1 Å². The second kappa shape index (κ2) is 10.9. The van der Waals surface area contributed by atoms with Crippen LogP contribution in [-0.2, 0) is 31.5 Å². The molecule has 2 unspecified atom stereocenters. The highest BCUT2D eigenvalue weighted by molar-refractivity contribution is 7.86. The van der Waals surface area contributed by atoms with Crippen molar-refractivity contribution in [3.05, 3.63) is 71.0 Å². The first-order valence-electron chi connectivity index (χ1n) is 10.8. The lowest BCUT2D eigenvalue weighted by molar-refractivity contribution is -0.142. The van der Waals surface area contributed by atoms with Gasteiger partial charge in [-0.15, -0.1) is 11.3 Å². The van der Waals surface area contributed by atoms with Gasteiger partial charge in [0.2, 0.25) is 6.10 Å². The molecular weight excluding hydrogens is 479 g/mol. The average molecular weight is 503 g/mol. The van der Waals surface area contributed by atoms with Crippen molar-refractivity contribution in [1.82, 2.24) is 4.98 Å². The Labute approximate surface area is 202 Å². The molecule has 1 saturated carbocycles. The van der Waals surface area contributed by atoms with Gasteiger partial charge in [0.05, 0.1) is 29.5 Å². The molecule has 1 aliphatic carbocycles. The Bertz CT molecular complexity index is 1180. The van der Waals surface area contributed by atoms with Crippen LogP contribution in [0.2, 0.25) is 0 Å². The molecule has 1 N–H and O–H groups in total. The molecule has 34 heavy (non-hydrogen) atoms. The number of anilines is 1. The van der Waals surface area contributed by atoms with E-state index in [0.717, 1.165) is 12.8 Å². The summed E-state index contributed by atoms with van der Waals surface area (Å²) in [5.74, 6) is -0.990. The van der Waals surface area contributed by atoms with E-state index >= 15 is 0 Å². The van der Waals surface area contributed by atoms with Crippen LogP contribution in [0.15, 0.2) is 58.8 Å². The molecular formula is C24H23FN2O5S2. The Hall–Kier alpha value is -3.11. The maximum Gasteiger partial charge on any atom is 0.311 e. The molecule has 10 heteroatoms. The van der Waals surface area contributed by atoms with Gasteiger partial charge in [-0.25, -0.2) is 9.37 Å². The number of nitrogens with zero attached hydrogens (tertiary/aromatic N) is 1. The van der Waals surface area contributed by atoms with Crippen molar-refractivity contribution in [2.75, 3.05) is 11.9 Å². The van der Waals surface area contributed by atoms with Gasteiger partial charge in [-0.2, -0.15) is 0 Å². The fourth-order valence-corrected chi connectivity index (χ4v) is 5.22. The van der Waals surface area contributed by atoms with E-state index in [-0.39, 0.29) is 18.3 Å². The zero-order chi connectivity index (χ0) is 24.1. The minimum absolute atomic E-state index is 0.00924. The average Bonchev–Trinajstić information content (AvgIpc) is 3.59. The summed E-state index contributed by atoms with van der Waals surface area (Å²) in [6, 6.07) is 12.2. The second-order valence-electron chi connectivity index (χ2n) is 7.63. The minimum Gasteiger partial charge on any atom is -0.476 e. The van der Waals surface area contributed by atoms with Gasteiger partial charge in [0.15, 0.2) is 5.13 Å². The smallest absolute Gasteiger partial charge is 0.311 e. The predicted octanol–water partition coefficient (Wildman–Crippen LogP) is 4.42. The fraction of sp³-hybridized carbons (Fsp3) is 0.292. The van der Waals surface area contributed by atoms with Gasteiger partial charge in [-0.3, -0.25) is 19.1 Å². The number of aromatic nitrogens is 1. The van der Waals surface area contributed by atoms with Gasteiger partial charge in [0.1, 0.15) is 11.6 Å². The fourth-order valence-electron chi connectivity index (χ4n) is 3.15. The molecule has 3 aromatic rings. The summed E-state index contributed by atoms with van der Waals surface area (Å²) >= 11 is 1.18. The van der Waals surface area contributed by atoms with Crippen molar-refractivity contribution in [2.45, 2.75) is 42.4 Å². The van der Waals surface area contributed by atoms with Gasteiger partial charge >= 0.3 is 5.97 Å². The molecule has 2 aromatic carbocycles. The Kier molecular flexibility index (Phi) is 7.69. The number of amides is 1. The molecule has 1 amide bonds. The number of carbonyl (C=O) groups excluding carboxylic acids is 2. The van der Waals surface area contributed by atoms with Gasteiger partial charge < -0.3 is 9.47 Å². The molecule has 0 radical (unpaired) electrons. The maximum atomic E-state index is 13.3. The molecule has 1 aromatic heterocycles. The molecule has 0 saturated heterocycles. The highest BCUT2D eigenvalue weighted by Gasteiger charge is 2.30. The van der Waals surface area contributed by atoms with Crippen molar-refractivity contribution >= 4 is 39.1 Å². The van der Waals surface area contributed by atoms with Crippen LogP contribution in [0.25, 0.3) is 0 Å². The first-order valence-corrected chi connectivity index (χ1v) is 12.9. The highest BCUT2D eigenvalue weighted by atomic mass is 32.2. The van der Waals surface area contributed by atoms with Crippen molar-refractivity contribution in [2.24, 2.45) is 0 Å². The van der Waals surface area contributed by atoms with Crippen LogP contribution in [0.5, 0.6) is 5.75 Å². The third-order valence-corrected chi connectivity index (χ3v) is 7.58. The van der Waals surface area contributed by atoms with E-state index in [1.807, 2.05) is 0 Å². The van der Waals surface area contributed by atoms with Crippen molar-refractivity contribution in [1.29, 1.82) is 0 Å². The lowest BCUT2D eigenvalue weighted by atomic mass is 10.1. The summed E-state index contributed by atoms with van der Waals surface area (Å²) in [5.41, 5.74) is 1.03. The topological polar surface area (TPSA) is 94.6 Å². The number of esters is 1. The van der Waals surface area contributed by atoms with Gasteiger partial charge in [-0.05, 0) is 56.2 Å². The third-order valence-electron chi connectivity index (χ3n) is 4.96. The van der Waals surface area contributed by atoms with E-state index in [2.05, 4.69) is 10.3 Å². The SMILES string of the molecule is CCOC(=O)Cc1csc(NC(=O)C(Oc2ccc(F)cc2)c2ccc(S(=O)C3CC3)cc2)n1. The van der Waals surface area contributed by atoms with E-state index in [4.69, 9.17) is 9.47 Å². The zero-order valence-electron chi connectivity index (χ0n) is 18.4.